The highest BCUT2D eigenvalue weighted by Gasteiger charge is 2.46. The van der Waals surface area contributed by atoms with Crippen molar-refractivity contribution >= 4 is 22.7 Å². The Kier molecular flexibility index (Phi) is 4.67. The molecule has 7 rings (SSSR count). The Balaban J connectivity index is 1.33. The first-order chi connectivity index (χ1) is 17.7. The molecule has 0 amide bonds. The predicted octanol–water partition coefficient (Wildman–Crippen LogP) is 4.53. The zero-order chi connectivity index (χ0) is 25.5. The van der Waals surface area contributed by atoms with Crippen molar-refractivity contribution in [2.75, 3.05) is 11.9 Å². The van der Waals surface area contributed by atoms with Crippen LogP contribution in [0.3, 0.4) is 0 Å². The van der Waals surface area contributed by atoms with Gasteiger partial charge in [0, 0.05) is 24.0 Å². The smallest absolute Gasteiger partial charge is 0.278 e. The van der Waals surface area contributed by atoms with Gasteiger partial charge < -0.3 is 10.6 Å². The van der Waals surface area contributed by atoms with E-state index < -0.39 is 11.5 Å². The number of nitrogens with zero attached hydrogens (tertiary/aromatic N) is 5. The van der Waals surface area contributed by atoms with Crippen LogP contribution in [0.25, 0.3) is 16.9 Å². The van der Waals surface area contributed by atoms with Gasteiger partial charge in [-0.1, -0.05) is 6.07 Å². The standard InChI is InChI=1S/C27H27F2N7O/c1-26(2,29)22-20(28)7-8-21(33-22)36-23-18(24(37)35(36)17-4-5-17)14-30-25(34-23)32-16-3-6-19-15(13-16)9-12-31-27(19)10-11-27/h3,6-8,13-14,17,31H,4-5,9-12H2,1-2H3,(H,30,32,34). The van der Waals surface area contributed by atoms with Crippen LogP contribution in [0, 0.1) is 5.82 Å². The third kappa shape index (κ3) is 3.65. The average Bonchev–Trinajstić information content (AvgIpc) is 3.79. The molecule has 0 radical (unpaired) electrons. The van der Waals surface area contributed by atoms with Crippen molar-refractivity contribution < 1.29 is 8.78 Å². The van der Waals surface area contributed by atoms with Crippen molar-refractivity contribution in [2.24, 2.45) is 0 Å². The third-order valence-electron chi connectivity index (χ3n) is 7.61. The van der Waals surface area contributed by atoms with Crippen LogP contribution >= 0.6 is 0 Å². The second kappa shape index (κ2) is 7.67. The second-order valence-corrected chi connectivity index (χ2v) is 10.9. The number of fused-ring (bicyclic) bond motifs is 3. The number of nitrogens with one attached hydrogen (secondary N) is 2. The van der Waals surface area contributed by atoms with Crippen molar-refractivity contribution in [3.63, 3.8) is 0 Å². The van der Waals surface area contributed by atoms with Crippen molar-refractivity contribution in [3.05, 3.63) is 69.5 Å². The maximum Gasteiger partial charge on any atom is 0.278 e. The number of alkyl halides is 1. The van der Waals surface area contributed by atoms with Gasteiger partial charge in [0.25, 0.3) is 5.56 Å². The van der Waals surface area contributed by atoms with Crippen LogP contribution in [0.5, 0.6) is 0 Å². The predicted molar refractivity (Wildman–Crippen MR) is 136 cm³/mol. The van der Waals surface area contributed by atoms with E-state index in [1.165, 1.54) is 56.1 Å². The molecule has 3 aliphatic rings. The molecule has 0 saturated heterocycles. The molecule has 4 aromatic rings. The number of anilines is 2. The molecule has 8 nitrogen and oxygen atoms in total. The average molecular weight is 504 g/mol. The molecule has 1 aliphatic heterocycles. The van der Waals surface area contributed by atoms with Gasteiger partial charge in [0.1, 0.15) is 22.6 Å². The quantitative estimate of drug-likeness (QED) is 0.416. The Morgan fingerprint density at radius 3 is 2.70 bits per heavy atom. The fraction of sp³-hybridized carbons (Fsp3) is 0.407. The summed E-state index contributed by atoms with van der Waals surface area (Å²) in [4.78, 5) is 26.7. The summed E-state index contributed by atoms with van der Waals surface area (Å²) < 4.78 is 32.3. The number of halogens is 2. The summed E-state index contributed by atoms with van der Waals surface area (Å²) >= 11 is 0. The van der Waals surface area contributed by atoms with E-state index in [9.17, 15) is 13.6 Å². The van der Waals surface area contributed by atoms with Crippen LogP contribution < -0.4 is 16.2 Å². The van der Waals surface area contributed by atoms with Crippen LogP contribution in [0.15, 0.2) is 41.3 Å². The fourth-order valence-electron chi connectivity index (χ4n) is 5.47. The molecule has 37 heavy (non-hydrogen) atoms. The van der Waals surface area contributed by atoms with Crippen LogP contribution in [-0.4, -0.2) is 30.9 Å². The summed E-state index contributed by atoms with van der Waals surface area (Å²) in [6, 6.07) is 8.94. The van der Waals surface area contributed by atoms with Gasteiger partial charge in [0.15, 0.2) is 11.5 Å². The van der Waals surface area contributed by atoms with Gasteiger partial charge in [0.05, 0.1) is 6.04 Å². The van der Waals surface area contributed by atoms with Crippen molar-refractivity contribution in [3.8, 4) is 5.82 Å². The van der Waals surface area contributed by atoms with Crippen molar-refractivity contribution in [1.82, 2.24) is 29.6 Å². The van der Waals surface area contributed by atoms with Gasteiger partial charge in [0.2, 0.25) is 5.95 Å². The van der Waals surface area contributed by atoms with Gasteiger partial charge in [-0.3, -0.25) is 4.79 Å². The van der Waals surface area contributed by atoms with Gasteiger partial charge >= 0.3 is 0 Å². The first kappa shape index (κ1) is 22.5. The largest absolute Gasteiger partial charge is 0.324 e. The highest BCUT2D eigenvalue weighted by atomic mass is 19.1. The lowest BCUT2D eigenvalue weighted by Crippen LogP contribution is -2.36. The lowest BCUT2D eigenvalue weighted by atomic mass is 9.92. The summed E-state index contributed by atoms with van der Waals surface area (Å²) in [5.41, 5.74) is 1.50. The maximum absolute atomic E-state index is 14.7. The SMILES string of the molecule is CC(C)(F)c1nc(-n2c3nc(Nc4ccc5c(c4)CCNC54CC4)ncc3c(=O)n2C2CC2)ccc1F. The van der Waals surface area contributed by atoms with E-state index >= 15 is 0 Å². The number of hydrogen-bond acceptors (Lipinski definition) is 6. The molecule has 2 aliphatic carbocycles. The minimum Gasteiger partial charge on any atom is -0.324 e. The Bertz CT molecular complexity index is 1630. The van der Waals surface area contributed by atoms with Crippen LogP contribution in [0.4, 0.5) is 20.4 Å². The minimum atomic E-state index is -1.99. The maximum atomic E-state index is 14.7. The molecule has 0 unspecified atom stereocenters. The fourth-order valence-corrected chi connectivity index (χ4v) is 5.47. The highest BCUT2D eigenvalue weighted by Crippen LogP contribution is 2.49. The van der Waals surface area contributed by atoms with Gasteiger partial charge in [-0.05, 0) is 81.3 Å². The Morgan fingerprint density at radius 1 is 1.16 bits per heavy atom. The third-order valence-corrected chi connectivity index (χ3v) is 7.61. The van der Waals surface area contributed by atoms with Crippen molar-refractivity contribution in [2.45, 2.75) is 63.2 Å². The molecule has 4 heterocycles. The highest BCUT2D eigenvalue weighted by molar-refractivity contribution is 5.77. The van der Waals surface area contributed by atoms with Gasteiger partial charge in [-0.15, -0.1) is 0 Å². The molecular weight excluding hydrogens is 476 g/mol. The monoisotopic (exact) mass is 503 g/mol. The molecule has 2 N–H and O–H groups in total. The second-order valence-electron chi connectivity index (χ2n) is 10.9. The number of hydrogen-bond donors (Lipinski definition) is 2. The number of benzene rings is 1. The van der Waals surface area contributed by atoms with E-state index in [-0.39, 0.29) is 28.7 Å². The van der Waals surface area contributed by atoms with E-state index in [2.05, 4.69) is 37.7 Å². The summed E-state index contributed by atoms with van der Waals surface area (Å²) in [6.07, 6.45) is 6.47. The van der Waals surface area contributed by atoms with Crippen molar-refractivity contribution in [1.29, 1.82) is 0 Å². The van der Waals surface area contributed by atoms with Crippen LogP contribution in [-0.2, 0) is 17.6 Å². The minimum absolute atomic E-state index is 0.0178. The number of pyridine rings is 1. The molecule has 2 saturated carbocycles. The lowest BCUT2D eigenvalue weighted by Gasteiger charge is -2.27. The summed E-state index contributed by atoms with van der Waals surface area (Å²) in [7, 11) is 0. The molecule has 0 atom stereocenters. The van der Waals surface area contributed by atoms with E-state index in [0.717, 1.165) is 31.5 Å². The van der Waals surface area contributed by atoms with E-state index in [1.54, 1.807) is 9.36 Å². The molecule has 0 bridgehead atoms. The Hall–Kier alpha value is -3.66. The molecule has 190 valence electrons. The topological polar surface area (TPSA) is 89.7 Å². The summed E-state index contributed by atoms with van der Waals surface area (Å²) in [6.45, 7) is 3.48. The summed E-state index contributed by atoms with van der Waals surface area (Å²) in [5, 5.41) is 7.26. The number of rotatable bonds is 5. The van der Waals surface area contributed by atoms with E-state index in [4.69, 9.17) is 0 Å². The van der Waals surface area contributed by atoms with E-state index in [1.807, 2.05) is 6.07 Å². The first-order valence-electron chi connectivity index (χ1n) is 12.8. The Morgan fingerprint density at radius 2 is 1.97 bits per heavy atom. The molecule has 1 spiro atoms. The summed E-state index contributed by atoms with van der Waals surface area (Å²) in [5.74, 6) is -0.167. The normalized spacial score (nSPS) is 18.3. The lowest BCUT2D eigenvalue weighted by molar-refractivity contribution is 0.205. The molecular formula is C27H27F2N7O. The molecule has 1 aromatic carbocycles. The van der Waals surface area contributed by atoms with Crippen LogP contribution in [0.1, 0.15) is 62.4 Å². The zero-order valence-corrected chi connectivity index (χ0v) is 20.7. The molecule has 2 fully saturated rings. The Labute approximate surface area is 211 Å². The van der Waals surface area contributed by atoms with Gasteiger partial charge in [-0.2, -0.15) is 4.98 Å². The number of aromatic nitrogens is 5. The van der Waals surface area contributed by atoms with Crippen LogP contribution in [0.2, 0.25) is 0 Å². The van der Waals surface area contributed by atoms with E-state index in [0.29, 0.717) is 17.0 Å². The van der Waals surface area contributed by atoms with Gasteiger partial charge in [-0.25, -0.2) is 28.1 Å². The first-order valence-corrected chi connectivity index (χ1v) is 12.8. The molecule has 3 aromatic heterocycles. The molecule has 10 heteroatoms. The zero-order valence-electron chi connectivity index (χ0n) is 20.7.